The van der Waals surface area contributed by atoms with E-state index < -0.39 is 21.8 Å². The molecule has 2 aromatic carbocycles. The molecule has 1 heterocycles. The van der Waals surface area contributed by atoms with Crippen molar-refractivity contribution in [1.29, 1.82) is 0 Å². The van der Waals surface area contributed by atoms with Crippen LogP contribution >= 0.6 is 11.6 Å². The molecule has 0 aromatic heterocycles. The molecule has 0 radical (unpaired) electrons. The maximum Gasteiger partial charge on any atom is 0.230 e. The summed E-state index contributed by atoms with van der Waals surface area (Å²) in [4.78, 5) is 27.9. The second-order valence-corrected chi connectivity index (χ2v) is 10.3. The molecule has 1 N–H and O–H groups in total. The second kappa shape index (κ2) is 9.92. The Morgan fingerprint density at radius 1 is 1.22 bits per heavy atom. The average molecular weight is 479 g/mol. The van der Waals surface area contributed by atoms with Crippen LogP contribution < -0.4 is 10.1 Å². The summed E-state index contributed by atoms with van der Waals surface area (Å²) in [5.74, 6) is -0.435. The van der Waals surface area contributed by atoms with Gasteiger partial charge in [0.1, 0.15) is 5.75 Å². The Morgan fingerprint density at radius 3 is 2.50 bits per heavy atom. The van der Waals surface area contributed by atoms with Crippen molar-refractivity contribution in [2.45, 2.75) is 37.1 Å². The Hall–Kier alpha value is -2.58. The van der Waals surface area contributed by atoms with Crippen LogP contribution in [0, 0.1) is 5.92 Å². The van der Waals surface area contributed by atoms with E-state index in [0.29, 0.717) is 12.3 Å². The largest absolute Gasteiger partial charge is 0.497 e. The molecule has 0 unspecified atom stereocenters. The lowest BCUT2D eigenvalue weighted by atomic mass is 9.92. The molecule has 1 aliphatic rings. The van der Waals surface area contributed by atoms with Gasteiger partial charge in [-0.25, -0.2) is 8.42 Å². The molecule has 9 heteroatoms. The summed E-state index contributed by atoms with van der Waals surface area (Å²) in [6.07, 6.45) is 2.90. The summed E-state index contributed by atoms with van der Waals surface area (Å²) in [6.45, 7) is 2.60. The van der Waals surface area contributed by atoms with Crippen LogP contribution in [-0.2, 0) is 19.4 Å². The zero-order valence-corrected chi connectivity index (χ0v) is 19.9. The van der Waals surface area contributed by atoms with Gasteiger partial charge in [0.05, 0.1) is 34.7 Å². The van der Waals surface area contributed by atoms with E-state index in [9.17, 15) is 18.0 Å². The number of carbonyl (C=O) groups excluding carboxylic acids is 2. The highest BCUT2D eigenvalue weighted by Gasteiger charge is 2.44. The van der Waals surface area contributed by atoms with E-state index in [1.165, 1.54) is 18.2 Å². The van der Waals surface area contributed by atoms with E-state index in [1.54, 1.807) is 24.1 Å². The number of sulfone groups is 1. The summed E-state index contributed by atoms with van der Waals surface area (Å²) in [5.41, 5.74) is 1.04. The van der Waals surface area contributed by atoms with Gasteiger partial charge >= 0.3 is 0 Å². The van der Waals surface area contributed by atoms with Gasteiger partial charge in [-0.05, 0) is 42.3 Å². The number of unbranched alkanes of at least 4 members (excludes halogenated alkanes) is 1. The van der Waals surface area contributed by atoms with Crippen LogP contribution in [0.4, 0.5) is 5.69 Å². The number of benzene rings is 2. The van der Waals surface area contributed by atoms with Gasteiger partial charge in [0.25, 0.3) is 0 Å². The van der Waals surface area contributed by atoms with Crippen LogP contribution in [0.25, 0.3) is 0 Å². The predicted octanol–water partition coefficient (Wildman–Crippen LogP) is 4.08. The van der Waals surface area contributed by atoms with Gasteiger partial charge in [-0.2, -0.15) is 0 Å². The number of hydrogen-bond donors (Lipinski definition) is 1. The fraction of sp³-hybridized carbons (Fsp3) is 0.391. The summed E-state index contributed by atoms with van der Waals surface area (Å²) in [5, 5.41) is 2.97. The smallest absolute Gasteiger partial charge is 0.230 e. The van der Waals surface area contributed by atoms with Crippen LogP contribution in [0.1, 0.15) is 37.8 Å². The number of nitrogens with zero attached hydrogens (tertiary/aromatic N) is 1. The molecule has 32 heavy (non-hydrogen) atoms. The first-order valence-electron chi connectivity index (χ1n) is 10.4. The maximum atomic E-state index is 13.3. The molecule has 0 bridgehead atoms. The molecule has 2 aromatic rings. The van der Waals surface area contributed by atoms with Gasteiger partial charge < -0.3 is 15.0 Å². The van der Waals surface area contributed by atoms with Crippen molar-refractivity contribution in [3.8, 4) is 5.75 Å². The van der Waals surface area contributed by atoms with Crippen molar-refractivity contribution in [3.05, 3.63) is 53.1 Å². The van der Waals surface area contributed by atoms with E-state index in [4.69, 9.17) is 16.3 Å². The summed E-state index contributed by atoms with van der Waals surface area (Å²) in [6, 6.07) is 11.0. The number of methoxy groups -OCH3 is 1. The Kier molecular flexibility index (Phi) is 7.46. The van der Waals surface area contributed by atoms with Crippen molar-refractivity contribution in [1.82, 2.24) is 4.90 Å². The van der Waals surface area contributed by atoms with Gasteiger partial charge in [-0.1, -0.05) is 37.1 Å². The van der Waals surface area contributed by atoms with Crippen LogP contribution in [-0.4, -0.2) is 45.0 Å². The van der Waals surface area contributed by atoms with Crippen molar-refractivity contribution in [2.24, 2.45) is 5.92 Å². The Morgan fingerprint density at radius 2 is 1.91 bits per heavy atom. The summed E-state index contributed by atoms with van der Waals surface area (Å²) in [7, 11) is -1.89. The van der Waals surface area contributed by atoms with Gasteiger partial charge in [0.15, 0.2) is 9.84 Å². The second-order valence-electron chi connectivity index (χ2n) is 7.87. The zero-order valence-electron chi connectivity index (χ0n) is 18.3. The number of carbonyl (C=O) groups is 2. The first kappa shape index (κ1) is 24.1. The van der Waals surface area contributed by atoms with Crippen LogP contribution in [0.15, 0.2) is 47.4 Å². The standard InChI is InChI=1S/C23H27ClN2O5S/c1-4-5-12-26-21(27)14-18(22(26)15-6-8-16(31-2)9-7-15)23(28)25-20-13-17(32(3,29)30)10-11-19(20)24/h6-11,13,18,22H,4-5,12,14H2,1-3H3,(H,25,28)/t18-,22+/m0/s1. The minimum Gasteiger partial charge on any atom is -0.497 e. The van der Waals surface area contributed by atoms with Crippen molar-refractivity contribution in [2.75, 3.05) is 25.2 Å². The molecule has 0 saturated carbocycles. The first-order chi connectivity index (χ1) is 15.2. The molecule has 2 amide bonds. The Bertz CT molecular complexity index is 1100. The fourth-order valence-electron chi connectivity index (χ4n) is 3.89. The number of nitrogens with one attached hydrogen (secondary N) is 1. The SMILES string of the molecule is CCCCN1C(=O)C[C@H](C(=O)Nc2cc(S(C)(=O)=O)ccc2Cl)[C@H]1c1ccc(OC)cc1. The highest BCUT2D eigenvalue weighted by molar-refractivity contribution is 7.90. The molecule has 1 aliphatic heterocycles. The molecular weight excluding hydrogens is 452 g/mol. The first-order valence-corrected chi connectivity index (χ1v) is 12.7. The third kappa shape index (κ3) is 5.24. The topological polar surface area (TPSA) is 92.8 Å². The minimum atomic E-state index is -3.47. The van der Waals surface area contributed by atoms with Crippen molar-refractivity contribution < 1.29 is 22.7 Å². The van der Waals surface area contributed by atoms with Gasteiger partial charge in [0, 0.05) is 19.2 Å². The molecule has 0 aliphatic carbocycles. The number of rotatable bonds is 8. The lowest BCUT2D eigenvalue weighted by molar-refractivity contribution is -0.129. The minimum absolute atomic E-state index is 0.0518. The third-order valence-corrected chi connectivity index (χ3v) is 7.04. The lowest BCUT2D eigenvalue weighted by Crippen LogP contribution is -2.33. The fourth-order valence-corrected chi connectivity index (χ4v) is 4.70. The molecule has 7 nitrogen and oxygen atoms in total. The van der Waals surface area contributed by atoms with Crippen LogP contribution in [0.2, 0.25) is 5.02 Å². The monoisotopic (exact) mass is 478 g/mol. The maximum absolute atomic E-state index is 13.3. The highest BCUT2D eigenvalue weighted by atomic mass is 35.5. The summed E-state index contributed by atoms with van der Waals surface area (Å²) >= 11 is 6.21. The molecule has 3 rings (SSSR count). The van der Waals surface area contributed by atoms with Crippen molar-refractivity contribution >= 4 is 38.9 Å². The predicted molar refractivity (Wildman–Crippen MR) is 124 cm³/mol. The normalized spacial score (nSPS) is 18.6. The zero-order chi connectivity index (χ0) is 23.5. The average Bonchev–Trinajstić information content (AvgIpc) is 3.09. The quantitative estimate of drug-likeness (QED) is 0.617. The van der Waals surface area contributed by atoms with Gasteiger partial charge in [-0.15, -0.1) is 0 Å². The van der Waals surface area contributed by atoms with Crippen molar-refractivity contribution in [3.63, 3.8) is 0 Å². The molecule has 1 saturated heterocycles. The summed E-state index contributed by atoms with van der Waals surface area (Å²) < 4.78 is 29.0. The third-order valence-electron chi connectivity index (χ3n) is 5.60. The molecule has 172 valence electrons. The number of likely N-dealkylation sites (tertiary alicyclic amines) is 1. The van der Waals surface area contributed by atoms with E-state index in [1.807, 2.05) is 19.1 Å². The number of amides is 2. The Labute approximate surface area is 193 Å². The number of ether oxygens (including phenoxy) is 1. The van der Waals surface area contributed by atoms with Gasteiger partial charge in [-0.3, -0.25) is 9.59 Å². The van der Waals surface area contributed by atoms with E-state index >= 15 is 0 Å². The number of hydrogen-bond acceptors (Lipinski definition) is 5. The number of halogens is 1. The van der Waals surface area contributed by atoms with E-state index in [-0.39, 0.29) is 33.8 Å². The molecule has 2 atom stereocenters. The Balaban J connectivity index is 1.93. The molecule has 0 spiro atoms. The van der Waals surface area contributed by atoms with E-state index in [0.717, 1.165) is 24.7 Å². The number of anilines is 1. The van der Waals surface area contributed by atoms with E-state index in [2.05, 4.69) is 5.32 Å². The molecule has 1 fully saturated rings. The molecular formula is C23H27ClN2O5S. The van der Waals surface area contributed by atoms with Gasteiger partial charge in [0.2, 0.25) is 11.8 Å². The highest BCUT2D eigenvalue weighted by Crippen LogP contribution is 2.40. The van der Waals surface area contributed by atoms with Crippen LogP contribution in [0.3, 0.4) is 0 Å². The van der Waals surface area contributed by atoms with Crippen LogP contribution in [0.5, 0.6) is 5.75 Å². The lowest BCUT2D eigenvalue weighted by Gasteiger charge is -2.28.